The molecule has 2 aromatic carbocycles. The van der Waals surface area contributed by atoms with Gasteiger partial charge in [0.05, 0.1) is 11.7 Å². The van der Waals surface area contributed by atoms with Crippen molar-refractivity contribution >= 4 is 22.9 Å². The predicted octanol–water partition coefficient (Wildman–Crippen LogP) is 4.28. The molecule has 0 bridgehead atoms. The molecular weight excluding hydrogens is 300 g/mol. The lowest BCUT2D eigenvalue weighted by Gasteiger charge is -2.07. The van der Waals surface area contributed by atoms with Gasteiger partial charge >= 0.3 is 6.61 Å². The Morgan fingerprint density at radius 2 is 1.78 bits per heavy atom. The first kappa shape index (κ1) is 14.9. The first-order chi connectivity index (χ1) is 11.2. The lowest BCUT2D eigenvalue weighted by Crippen LogP contribution is -2.04. The van der Waals surface area contributed by atoms with Gasteiger partial charge in [-0.3, -0.25) is 5.43 Å². The fourth-order valence-electron chi connectivity index (χ4n) is 2.09. The summed E-state index contributed by atoms with van der Waals surface area (Å²) in [5.74, 6) is 0.631. The number of fused-ring (bicyclic) bond motifs is 1. The topological polar surface area (TPSA) is 46.5 Å². The van der Waals surface area contributed by atoms with E-state index >= 15 is 0 Å². The molecule has 0 saturated carbocycles. The molecule has 0 unspecified atom stereocenters. The average molecular weight is 313 g/mol. The Kier molecular flexibility index (Phi) is 4.42. The number of aromatic nitrogens is 1. The second-order valence-corrected chi connectivity index (χ2v) is 4.68. The zero-order chi connectivity index (χ0) is 16.1. The number of nitrogens with one attached hydrogen (secondary N) is 1. The highest BCUT2D eigenvalue weighted by molar-refractivity contribution is 5.84. The average Bonchev–Trinajstić information content (AvgIpc) is 2.56. The van der Waals surface area contributed by atoms with Crippen LogP contribution in [-0.4, -0.2) is 17.8 Å². The number of hydrogen-bond acceptors (Lipinski definition) is 4. The largest absolute Gasteiger partial charge is 0.434 e. The van der Waals surface area contributed by atoms with Crippen molar-refractivity contribution in [2.75, 3.05) is 5.43 Å². The number of benzene rings is 2. The van der Waals surface area contributed by atoms with Gasteiger partial charge in [0.1, 0.15) is 11.6 Å². The van der Waals surface area contributed by atoms with Crippen LogP contribution in [0, 0.1) is 0 Å². The van der Waals surface area contributed by atoms with Gasteiger partial charge in [-0.05, 0) is 30.3 Å². The maximum Gasteiger partial charge on any atom is 0.387 e. The van der Waals surface area contributed by atoms with Crippen LogP contribution >= 0.6 is 0 Å². The molecule has 23 heavy (non-hydrogen) atoms. The molecule has 0 aliphatic carbocycles. The molecule has 0 fully saturated rings. The number of nitrogens with zero attached hydrogens (tertiary/aromatic N) is 2. The quantitative estimate of drug-likeness (QED) is 0.565. The van der Waals surface area contributed by atoms with E-state index in [1.807, 2.05) is 30.3 Å². The third-order valence-corrected chi connectivity index (χ3v) is 3.12. The Hall–Kier alpha value is -3.02. The first-order valence-electron chi connectivity index (χ1n) is 6.91. The van der Waals surface area contributed by atoms with Crippen LogP contribution in [0.1, 0.15) is 5.56 Å². The number of halogens is 2. The minimum absolute atomic E-state index is 0.0690. The van der Waals surface area contributed by atoms with Gasteiger partial charge in [-0.2, -0.15) is 13.9 Å². The van der Waals surface area contributed by atoms with Gasteiger partial charge in [-0.15, -0.1) is 0 Å². The van der Waals surface area contributed by atoms with E-state index in [1.165, 1.54) is 12.3 Å². The predicted molar refractivity (Wildman–Crippen MR) is 86.0 cm³/mol. The molecule has 3 aromatic rings. The SMILES string of the molecule is FC(F)Oc1ccccc1/C=N/Nc1ccc2ccccc2n1. The standard InChI is InChI=1S/C17H13F2N3O/c18-17(19)23-15-8-4-2-6-13(15)11-20-22-16-10-9-12-5-1-3-7-14(12)21-16/h1-11,17H,(H,21,22)/b20-11+. The van der Waals surface area contributed by atoms with Crippen molar-refractivity contribution in [3.05, 3.63) is 66.2 Å². The van der Waals surface area contributed by atoms with Crippen molar-refractivity contribution in [2.45, 2.75) is 6.61 Å². The van der Waals surface area contributed by atoms with E-state index in [-0.39, 0.29) is 5.75 Å². The van der Waals surface area contributed by atoms with Crippen LogP contribution < -0.4 is 10.2 Å². The number of ether oxygens (including phenoxy) is 1. The number of para-hydroxylation sites is 2. The van der Waals surface area contributed by atoms with Gasteiger partial charge in [-0.1, -0.05) is 30.3 Å². The van der Waals surface area contributed by atoms with Crippen molar-refractivity contribution in [1.82, 2.24) is 4.98 Å². The van der Waals surface area contributed by atoms with Crippen molar-refractivity contribution in [3.8, 4) is 5.75 Å². The number of anilines is 1. The molecule has 0 atom stereocenters. The number of rotatable bonds is 5. The van der Waals surface area contributed by atoms with E-state index in [0.717, 1.165) is 10.9 Å². The fraction of sp³-hybridized carbons (Fsp3) is 0.0588. The molecule has 3 rings (SSSR count). The van der Waals surface area contributed by atoms with E-state index in [2.05, 4.69) is 20.2 Å². The van der Waals surface area contributed by atoms with Gasteiger partial charge in [-0.25, -0.2) is 4.98 Å². The van der Waals surface area contributed by atoms with E-state index in [0.29, 0.717) is 11.4 Å². The van der Waals surface area contributed by atoms with E-state index < -0.39 is 6.61 Å². The third kappa shape index (κ3) is 3.79. The summed E-state index contributed by atoms with van der Waals surface area (Å²) < 4.78 is 29.1. The monoisotopic (exact) mass is 313 g/mol. The first-order valence-corrected chi connectivity index (χ1v) is 6.91. The Labute approximate surface area is 131 Å². The van der Waals surface area contributed by atoms with Crippen molar-refractivity contribution < 1.29 is 13.5 Å². The molecule has 0 aliphatic heterocycles. The smallest absolute Gasteiger partial charge is 0.387 e. The molecule has 0 radical (unpaired) electrons. The molecule has 4 nitrogen and oxygen atoms in total. The Morgan fingerprint density at radius 3 is 2.65 bits per heavy atom. The van der Waals surface area contributed by atoms with Crippen LogP contribution in [0.25, 0.3) is 10.9 Å². The Morgan fingerprint density at radius 1 is 1.00 bits per heavy atom. The van der Waals surface area contributed by atoms with Crippen LogP contribution in [-0.2, 0) is 0 Å². The van der Waals surface area contributed by atoms with E-state index in [9.17, 15) is 8.78 Å². The lowest BCUT2D eigenvalue weighted by atomic mass is 10.2. The zero-order valence-electron chi connectivity index (χ0n) is 12.0. The van der Waals surface area contributed by atoms with Gasteiger partial charge in [0, 0.05) is 10.9 Å². The Bertz CT molecular complexity index is 837. The van der Waals surface area contributed by atoms with Gasteiger partial charge in [0.2, 0.25) is 0 Å². The second kappa shape index (κ2) is 6.83. The van der Waals surface area contributed by atoms with Crippen LogP contribution in [0.15, 0.2) is 65.8 Å². The molecule has 0 aliphatic rings. The summed E-state index contributed by atoms with van der Waals surface area (Å²) in [6.45, 7) is -2.88. The molecule has 1 heterocycles. The molecule has 116 valence electrons. The lowest BCUT2D eigenvalue weighted by molar-refractivity contribution is -0.0499. The van der Waals surface area contributed by atoms with Crippen molar-refractivity contribution in [3.63, 3.8) is 0 Å². The minimum atomic E-state index is -2.88. The Balaban J connectivity index is 1.75. The molecule has 6 heteroatoms. The molecule has 0 amide bonds. The summed E-state index contributed by atoms with van der Waals surface area (Å²) in [4.78, 5) is 4.40. The van der Waals surface area contributed by atoms with Crippen LogP contribution in [0.2, 0.25) is 0 Å². The van der Waals surface area contributed by atoms with Crippen LogP contribution in [0.4, 0.5) is 14.6 Å². The molecule has 1 N–H and O–H groups in total. The highest BCUT2D eigenvalue weighted by Crippen LogP contribution is 2.19. The molecule has 0 saturated heterocycles. The summed E-state index contributed by atoms with van der Waals surface area (Å²) in [5, 5.41) is 5.05. The molecule has 0 spiro atoms. The minimum Gasteiger partial charge on any atom is -0.434 e. The summed E-state index contributed by atoms with van der Waals surface area (Å²) in [5.41, 5.74) is 4.07. The van der Waals surface area contributed by atoms with Crippen LogP contribution in [0.3, 0.4) is 0 Å². The normalized spacial score (nSPS) is 11.3. The van der Waals surface area contributed by atoms with E-state index in [1.54, 1.807) is 24.3 Å². The highest BCUT2D eigenvalue weighted by Gasteiger charge is 2.07. The summed E-state index contributed by atoms with van der Waals surface area (Å²) in [7, 11) is 0. The van der Waals surface area contributed by atoms with Crippen LogP contribution in [0.5, 0.6) is 5.75 Å². The fourth-order valence-corrected chi connectivity index (χ4v) is 2.09. The summed E-state index contributed by atoms with van der Waals surface area (Å²) in [6.07, 6.45) is 1.41. The van der Waals surface area contributed by atoms with Crippen molar-refractivity contribution in [1.29, 1.82) is 0 Å². The summed E-state index contributed by atoms with van der Waals surface area (Å²) in [6, 6.07) is 17.9. The molecular formula is C17H13F2N3O. The van der Waals surface area contributed by atoms with Gasteiger partial charge < -0.3 is 4.74 Å². The van der Waals surface area contributed by atoms with Gasteiger partial charge in [0.25, 0.3) is 0 Å². The maximum atomic E-state index is 12.3. The number of alkyl halides is 2. The number of hydrogen-bond donors (Lipinski definition) is 1. The number of hydrazone groups is 1. The maximum absolute atomic E-state index is 12.3. The van der Waals surface area contributed by atoms with Gasteiger partial charge in [0.15, 0.2) is 0 Å². The van der Waals surface area contributed by atoms with E-state index in [4.69, 9.17) is 0 Å². The highest BCUT2D eigenvalue weighted by atomic mass is 19.3. The second-order valence-electron chi connectivity index (χ2n) is 4.68. The number of pyridine rings is 1. The zero-order valence-corrected chi connectivity index (χ0v) is 12.0. The van der Waals surface area contributed by atoms with Crippen molar-refractivity contribution in [2.24, 2.45) is 5.10 Å². The molecule has 1 aromatic heterocycles. The summed E-state index contributed by atoms with van der Waals surface area (Å²) >= 11 is 0. The third-order valence-electron chi connectivity index (χ3n) is 3.12.